The minimum atomic E-state index is -0.573. The zero-order valence-electron chi connectivity index (χ0n) is 18.0. The number of rotatable bonds is 4. The van der Waals surface area contributed by atoms with Crippen molar-refractivity contribution in [1.29, 1.82) is 0 Å². The Morgan fingerprint density at radius 2 is 1.62 bits per heavy atom. The summed E-state index contributed by atoms with van der Waals surface area (Å²) in [6.45, 7) is 5.41. The number of anilines is 1. The van der Waals surface area contributed by atoms with Gasteiger partial charge in [0.1, 0.15) is 6.54 Å². The average Bonchev–Trinajstić information content (AvgIpc) is 2.73. The number of carbonyl (C=O) groups excluding carboxylic acids is 1. The van der Waals surface area contributed by atoms with E-state index in [-0.39, 0.29) is 6.54 Å². The number of fused-ring (bicyclic) bond motifs is 1. The average molecular weight is 448 g/mol. The molecule has 1 aromatic heterocycles. The first-order valence-corrected chi connectivity index (χ1v) is 10.5. The number of hydrogen-bond acceptors (Lipinski definition) is 3. The zero-order valence-corrected chi connectivity index (χ0v) is 18.7. The summed E-state index contributed by atoms with van der Waals surface area (Å²) in [6.07, 6.45) is 0. The molecule has 4 rings (SSSR count). The van der Waals surface area contributed by atoms with E-state index < -0.39 is 17.2 Å². The molecular formula is C25H22ClN3O3. The number of amides is 1. The largest absolute Gasteiger partial charge is 0.336 e. The van der Waals surface area contributed by atoms with Crippen molar-refractivity contribution >= 4 is 34.1 Å². The lowest BCUT2D eigenvalue weighted by molar-refractivity contribution is -0.116. The lowest BCUT2D eigenvalue weighted by Gasteiger charge is -2.15. The summed E-state index contributed by atoms with van der Waals surface area (Å²) in [4.78, 5) is 39.6. The molecule has 0 fully saturated rings. The molecule has 0 aliphatic carbocycles. The van der Waals surface area contributed by atoms with E-state index in [0.29, 0.717) is 27.3 Å². The highest BCUT2D eigenvalue weighted by atomic mass is 35.5. The fourth-order valence-corrected chi connectivity index (χ4v) is 4.02. The smallest absolute Gasteiger partial charge is 0.324 e. The molecular weight excluding hydrogens is 426 g/mol. The molecule has 7 heteroatoms. The molecule has 4 aromatic rings. The van der Waals surface area contributed by atoms with Crippen molar-refractivity contribution in [3.63, 3.8) is 0 Å². The third-order valence-electron chi connectivity index (χ3n) is 5.29. The van der Waals surface area contributed by atoms with E-state index in [4.69, 9.17) is 11.6 Å². The molecule has 0 radical (unpaired) electrons. The zero-order chi connectivity index (χ0) is 23.0. The van der Waals surface area contributed by atoms with Gasteiger partial charge in [-0.15, -0.1) is 0 Å². The van der Waals surface area contributed by atoms with Crippen LogP contribution in [0.15, 0.2) is 70.3 Å². The van der Waals surface area contributed by atoms with Crippen molar-refractivity contribution in [3.05, 3.63) is 103 Å². The van der Waals surface area contributed by atoms with Crippen molar-refractivity contribution in [3.8, 4) is 5.69 Å². The van der Waals surface area contributed by atoms with Gasteiger partial charge in [-0.2, -0.15) is 0 Å². The minimum absolute atomic E-state index is 0.254. The Bertz CT molecular complexity index is 1460. The molecule has 1 N–H and O–H groups in total. The Kier molecular flexibility index (Phi) is 5.72. The number of aryl methyl sites for hydroxylation is 3. The van der Waals surface area contributed by atoms with E-state index in [1.54, 1.807) is 54.6 Å². The van der Waals surface area contributed by atoms with Crippen LogP contribution in [0.25, 0.3) is 16.6 Å². The van der Waals surface area contributed by atoms with E-state index in [9.17, 15) is 14.4 Å². The normalized spacial score (nSPS) is 11.0. The lowest BCUT2D eigenvalue weighted by atomic mass is 10.1. The summed E-state index contributed by atoms with van der Waals surface area (Å²) in [5, 5.41) is 3.67. The maximum absolute atomic E-state index is 13.5. The van der Waals surface area contributed by atoms with Gasteiger partial charge in [0.05, 0.1) is 16.6 Å². The molecule has 0 saturated heterocycles. The maximum atomic E-state index is 13.5. The lowest BCUT2D eigenvalue weighted by Crippen LogP contribution is -2.40. The van der Waals surface area contributed by atoms with Crippen molar-refractivity contribution in [2.24, 2.45) is 0 Å². The third kappa shape index (κ3) is 4.09. The maximum Gasteiger partial charge on any atom is 0.336 e. The predicted octanol–water partition coefficient (Wildman–Crippen LogP) is 4.37. The van der Waals surface area contributed by atoms with Crippen LogP contribution in [0.5, 0.6) is 0 Å². The van der Waals surface area contributed by atoms with Crippen molar-refractivity contribution < 1.29 is 4.79 Å². The van der Waals surface area contributed by atoms with E-state index in [2.05, 4.69) is 5.32 Å². The third-order valence-corrected chi connectivity index (χ3v) is 5.53. The van der Waals surface area contributed by atoms with Gasteiger partial charge in [-0.25, -0.2) is 9.36 Å². The second-order valence-electron chi connectivity index (χ2n) is 7.88. The highest BCUT2D eigenvalue weighted by molar-refractivity contribution is 6.31. The van der Waals surface area contributed by atoms with Crippen molar-refractivity contribution in [2.45, 2.75) is 27.3 Å². The Balaban J connectivity index is 1.86. The summed E-state index contributed by atoms with van der Waals surface area (Å²) in [6, 6.07) is 17.5. The topological polar surface area (TPSA) is 73.1 Å². The Labute approximate surface area is 189 Å². The molecule has 0 atom stereocenters. The van der Waals surface area contributed by atoms with Crippen LogP contribution in [0.4, 0.5) is 5.69 Å². The standard InChI is InChI=1S/C25H22ClN3O3/c1-15-10-16(2)12-19(11-15)29-24(31)20-6-4-5-7-22(20)28(25(29)32)14-23(30)27-21-13-18(26)9-8-17(21)3/h4-13H,14H2,1-3H3,(H,27,30). The molecule has 0 saturated carbocycles. The van der Waals surface area contributed by atoms with E-state index in [1.165, 1.54) is 4.57 Å². The van der Waals surface area contributed by atoms with Gasteiger partial charge in [0, 0.05) is 10.7 Å². The van der Waals surface area contributed by atoms with Crippen LogP contribution in [0.2, 0.25) is 5.02 Å². The molecule has 3 aromatic carbocycles. The number of benzene rings is 3. The van der Waals surface area contributed by atoms with Crippen LogP contribution in [0.3, 0.4) is 0 Å². The molecule has 0 bridgehead atoms. The number of hydrogen-bond donors (Lipinski definition) is 1. The molecule has 0 unspecified atom stereocenters. The molecule has 1 amide bonds. The number of para-hydroxylation sites is 1. The van der Waals surface area contributed by atoms with Crippen LogP contribution in [-0.2, 0) is 11.3 Å². The summed E-state index contributed by atoms with van der Waals surface area (Å²) in [5.74, 6) is -0.395. The Morgan fingerprint density at radius 1 is 0.938 bits per heavy atom. The Morgan fingerprint density at radius 3 is 2.34 bits per heavy atom. The SMILES string of the molecule is Cc1cc(C)cc(-n2c(=O)c3ccccc3n(CC(=O)Nc3cc(Cl)ccc3C)c2=O)c1. The van der Waals surface area contributed by atoms with Gasteiger partial charge in [-0.05, 0) is 73.9 Å². The first kappa shape index (κ1) is 21.6. The number of nitrogens with zero attached hydrogens (tertiary/aromatic N) is 2. The quantitative estimate of drug-likeness (QED) is 0.505. The minimum Gasteiger partial charge on any atom is -0.324 e. The molecule has 162 valence electrons. The number of aromatic nitrogens is 2. The van der Waals surface area contributed by atoms with Gasteiger partial charge < -0.3 is 5.32 Å². The van der Waals surface area contributed by atoms with E-state index in [0.717, 1.165) is 21.3 Å². The van der Waals surface area contributed by atoms with Crippen molar-refractivity contribution in [1.82, 2.24) is 9.13 Å². The first-order valence-electron chi connectivity index (χ1n) is 10.1. The highest BCUT2D eigenvalue weighted by Crippen LogP contribution is 2.20. The summed E-state index contributed by atoms with van der Waals surface area (Å²) in [7, 11) is 0. The molecule has 1 heterocycles. The number of halogens is 1. The Hall–Kier alpha value is -3.64. The summed E-state index contributed by atoms with van der Waals surface area (Å²) < 4.78 is 2.45. The van der Waals surface area contributed by atoms with Gasteiger partial charge in [-0.3, -0.25) is 14.2 Å². The van der Waals surface area contributed by atoms with E-state index >= 15 is 0 Å². The predicted molar refractivity (Wildman–Crippen MR) is 128 cm³/mol. The van der Waals surface area contributed by atoms with Gasteiger partial charge in [-0.1, -0.05) is 35.9 Å². The molecule has 0 aliphatic rings. The van der Waals surface area contributed by atoms with Crippen LogP contribution < -0.4 is 16.6 Å². The molecule has 0 aliphatic heterocycles. The van der Waals surface area contributed by atoms with Crippen LogP contribution in [0, 0.1) is 20.8 Å². The molecule has 32 heavy (non-hydrogen) atoms. The first-order chi connectivity index (χ1) is 15.2. The monoisotopic (exact) mass is 447 g/mol. The van der Waals surface area contributed by atoms with Gasteiger partial charge in [0.15, 0.2) is 0 Å². The van der Waals surface area contributed by atoms with E-state index in [1.807, 2.05) is 26.8 Å². The van der Waals surface area contributed by atoms with Crippen LogP contribution >= 0.6 is 11.6 Å². The fourth-order valence-electron chi connectivity index (χ4n) is 3.84. The van der Waals surface area contributed by atoms with Gasteiger partial charge in [0.2, 0.25) is 5.91 Å². The second kappa shape index (κ2) is 8.48. The number of carbonyl (C=O) groups is 1. The van der Waals surface area contributed by atoms with Gasteiger partial charge >= 0.3 is 5.69 Å². The summed E-state index contributed by atoms with van der Waals surface area (Å²) >= 11 is 6.05. The fraction of sp³-hybridized carbons (Fsp3) is 0.160. The van der Waals surface area contributed by atoms with Crippen molar-refractivity contribution in [2.75, 3.05) is 5.32 Å². The highest BCUT2D eigenvalue weighted by Gasteiger charge is 2.17. The molecule has 0 spiro atoms. The van der Waals surface area contributed by atoms with Gasteiger partial charge in [0.25, 0.3) is 5.56 Å². The molecule has 6 nitrogen and oxygen atoms in total. The number of nitrogens with one attached hydrogen (secondary N) is 1. The van der Waals surface area contributed by atoms with Crippen LogP contribution in [-0.4, -0.2) is 15.0 Å². The summed E-state index contributed by atoms with van der Waals surface area (Å²) in [5.41, 5.74) is 3.17. The second-order valence-corrected chi connectivity index (χ2v) is 8.32. The van der Waals surface area contributed by atoms with Crippen LogP contribution in [0.1, 0.15) is 16.7 Å².